The minimum absolute atomic E-state index is 0.00935. The molecule has 0 saturated carbocycles. The Morgan fingerprint density at radius 1 is 1.38 bits per heavy atom. The summed E-state index contributed by atoms with van der Waals surface area (Å²) in [6, 6.07) is 4.66. The summed E-state index contributed by atoms with van der Waals surface area (Å²) in [6.07, 6.45) is 2.44. The first-order valence-corrected chi connectivity index (χ1v) is 9.96. The van der Waals surface area contributed by atoms with Crippen molar-refractivity contribution < 1.29 is 14.6 Å². The molecule has 0 bridgehead atoms. The molecule has 10 heteroatoms. The number of benzene rings is 1. The zero-order valence-electron chi connectivity index (χ0n) is 16.0. The summed E-state index contributed by atoms with van der Waals surface area (Å²) in [5.41, 5.74) is 2.62. The second kappa shape index (κ2) is 10.1. The van der Waals surface area contributed by atoms with E-state index in [1.54, 1.807) is 30.3 Å². The third-order valence-corrected chi connectivity index (χ3v) is 5.34. The predicted molar refractivity (Wildman–Crippen MR) is 111 cm³/mol. The first-order valence-electron chi connectivity index (χ1n) is 9.20. The van der Waals surface area contributed by atoms with E-state index in [1.165, 1.54) is 0 Å². The minimum Gasteiger partial charge on any atom is -0.395 e. The summed E-state index contributed by atoms with van der Waals surface area (Å²) < 4.78 is 5.27. The quantitative estimate of drug-likeness (QED) is 0.612. The monoisotopic (exact) mass is 439 g/mol. The molecule has 2 aromatic rings. The number of amides is 2. The normalized spacial score (nSPS) is 14.3. The summed E-state index contributed by atoms with van der Waals surface area (Å²) in [6.45, 7) is 1.59. The fraction of sp³-hybridized carbons (Fsp3) is 0.421. The molecule has 1 aromatic carbocycles. The van der Waals surface area contributed by atoms with Gasteiger partial charge in [-0.3, -0.25) is 0 Å². The number of fused-ring (bicyclic) bond motifs is 1. The lowest BCUT2D eigenvalue weighted by atomic mass is 10.1. The van der Waals surface area contributed by atoms with Crippen LogP contribution in [0, 0.1) is 0 Å². The maximum absolute atomic E-state index is 12.9. The summed E-state index contributed by atoms with van der Waals surface area (Å²) in [5, 5.41) is 15.7. The number of aliphatic hydroxyl groups excluding tert-OH is 1. The Hall–Kier alpha value is -2.13. The van der Waals surface area contributed by atoms with Crippen LogP contribution < -0.4 is 10.6 Å². The van der Waals surface area contributed by atoms with Crippen LogP contribution in [0.4, 0.5) is 10.7 Å². The molecule has 2 amide bonds. The van der Waals surface area contributed by atoms with E-state index in [1.807, 2.05) is 6.07 Å². The van der Waals surface area contributed by atoms with Crippen LogP contribution in [0.1, 0.15) is 22.9 Å². The second-order valence-corrected chi connectivity index (χ2v) is 7.43. The lowest BCUT2D eigenvalue weighted by Gasteiger charge is -2.30. The largest absolute Gasteiger partial charge is 0.395 e. The van der Waals surface area contributed by atoms with Gasteiger partial charge in [0.25, 0.3) is 0 Å². The number of aromatic nitrogens is 2. The topological polar surface area (TPSA) is 99.6 Å². The number of carbonyl (C=O) groups excluding carboxylic acids is 1. The maximum atomic E-state index is 12.9. The highest BCUT2D eigenvalue weighted by Gasteiger charge is 2.25. The van der Waals surface area contributed by atoms with Crippen molar-refractivity contribution in [2.45, 2.75) is 19.0 Å². The van der Waals surface area contributed by atoms with E-state index in [0.717, 1.165) is 16.8 Å². The number of urea groups is 1. The molecule has 3 N–H and O–H groups in total. The van der Waals surface area contributed by atoms with Crippen molar-refractivity contribution in [3.05, 3.63) is 51.3 Å². The third-order valence-electron chi connectivity index (χ3n) is 4.61. The van der Waals surface area contributed by atoms with Crippen LogP contribution in [0.2, 0.25) is 10.0 Å². The van der Waals surface area contributed by atoms with Crippen molar-refractivity contribution in [2.75, 3.05) is 38.7 Å². The highest BCUT2D eigenvalue weighted by Crippen LogP contribution is 2.26. The van der Waals surface area contributed by atoms with Gasteiger partial charge in [0.15, 0.2) is 0 Å². The first kappa shape index (κ1) is 21.6. The number of rotatable bonds is 7. The molecule has 0 saturated heterocycles. The zero-order valence-corrected chi connectivity index (χ0v) is 17.5. The van der Waals surface area contributed by atoms with Crippen LogP contribution in [0.3, 0.4) is 0 Å². The number of hydrogen-bond acceptors (Lipinski definition) is 6. The highest BCUT2D eigenvalue weighted by molar-refractivity contribution is 6.42. The average Bonchev–Trinajstić information content (AvgIpc) is 2.73. The number of halogens is 2. The van der Waals surface area contributed by atoms with Gasteiger partial charge in [0.05, 0.1) is 41.5 Å². The van der Waals surface area contributed by atoms with Gasteiger partial charge in [0.2, 0.25) is 5.95 Å². The van der Waals surface area contributed by atoms with E-state index < -0.39 is 0 Å². The summed E-state index contributed by atoms with van der Waals surface area (Å²) in [5.74, 6) is 0.438. The number of methoxy groups -OCH3 is 1. The molecule has 0 spiro atoms. The van der Waals surface area contributed by atoms with E-state index >= 15 is 0 Å². The second-order valence-electron chi connectivity index (χ2n) is 6.62. The Balaban J connectivity index is 1.70. The molecule has 0 aliphatic carbocycles. The van der Waals surface area contributed by atoms with E-state index in [9.17, 15) is 4.79 Å². The van der Waals surface area contributed by atoms with Crippen LogP contribution in [0.25, 0.3) is 0 Å². The smallest absolute Gasteiger partial charge is 0.318 e. The Morgan fingerprint density at radius 3 is 2.93 bits per heavy atom. The number of anilines is 1. The molecule has 1 atom stereocenters. The number of aliphatic hydroxyl groups is 1. The predicted octanol–water partition coefficient (Wildman–Crippen LogP) is 2.64. The van der Waals surface area contributed by atoms with Gasteiger partial charge >= 0.3 is 6.03 Å². The lowest BCUT2D eigenvalue weighted by molar-refractivity contribution is 0.152. The standard InChI is InChI=1S/C19H23Cl2N5O3/c1-29-11-17(12-2-3-14(20)15(21)8-12)25-19(28)26-6-4-13-9-23-18(22-5-7-27)24-16(13)10-26/h2-3,8-9,17,27H,4-7,10-11H2,1H3,(H,25,28)(H,22,23,24)/t17-/m1/s1. The van der Waals surface area contributed by atoms with Crippen LogP contribution in [-0.2, 0) is 17.7 Å². The first-order chi connectivity index (χ1) is 14.0. The lowest BCUT2D eigenvalue weighted by Crippen LogP contribution is -2.45. The van der Waals surface area contributed by atoms with Crippen LogP contribution in [-0.4, -0.2) is 59.4 Å². The number of nitrogens with one attached hydrogen (secondary N) is 2. The molecule has 0 radical (unpaired) electrons. The molecule has 1 aliphatic rings. The van der Waals surface area contributed by atoms with Crippen molar-refractivity contribution >= 4 is 35.2 Å². The maximum Gasteiger partial charge on any atom is 0.318 e. The molecule has 1 aromatic heterocycles. The number of ether oxygens (including phenoxy) is 1. The average molecular weight is 440 g/mol. The SMILES string of the molecule is COC[C@@H](NC(=O)N1CCc2cnc(NCCO)nc2C1)c1ccc(Cl)c(Cl)c1. The van der Waals surface area contributed by atoms with Crippen LogP contribution in [0.15, 0.2) is 24.4 Å². The third kappa shape index (κ3) is 5.48. The van der Waals surface area contributed by atoms with E-state index in [4.69, 9.17) is 33.0 Å². The van der Waals surface area contributed by atoms with Gasteiger partial charge in [-0.25, -0.2) is 14.8 Å². The van der Waals surface area contributed by atoms with Gasteiger partial charge in [-0.1, -0.05) is 29.3 Å². The number of nitrogens with zero attached hydrogens (tertiary/aromatic N) is 3. The molecule has 8 nitrogen and oxygen atoms in total. The molecule has 0 fully saturated rings. The Kier molecular flexibility index (Phi) is 7.49. The van der Waals surface area contributed by atoms with E-state index in [0.29, 0.717) is 48.7 Å². The van der Waals surface area contributed by atoms with Crippen molar-refractivity contribution in [3.8, 4) is 0 Å². The minimum atomic E-state index is -0.365. The van der Waals surface area contributed by atoms with Crippen LogP contribution in [0.5, 0.6) is 0 Å². The van der Waals surface area contributed by atoms with Crippen molar-refractivity contribution in [1.29, 1.82) is 0 Å². The summed E-state index contributed by atoms with van der Waals surface area (Å²) in [7, 11) is 1.58. The highest BCUT2D eigenvalue weighted by atomic mass is 35.5. The fourth-order valence-corrected chi connectivity index (χ4v) is 3.39. The van der Waals surface area contributed by atoms with Gasteiger partial charge in [0.1, 0.15) is 0 Å². The van der Waals surface area contributed by atoms with Gasteiger partial charge < -0.3 is 25.4 Å². The molecular weight excluding hydrogens is 417 g/mol. The van der Waals surface area contributed by atoms with E-state index in [2.05, 4.69) is 20.6 Å². The van der Waals surface area contributed by atoms with Crippen molar-refractivity contribution in [2.24, 2.45) is 0 Å². The van der Waals surface area contributed by atoms with Crippen LogP contribution >= 0.6 is 23.2 Å². The molecule has 1 aliphatic heterocycles. The number of hydrogen-bond donors (Lipinski definition) is 3. The summed E-state index contributed by atoms with van der Waals surface area (Å²) >= 11 is 12.1. The Morgan fingerprint density at radius 2 is 2.21 bits per heavy atom. The Bertz CT molecular complexity index is 868. The van der Waals surface area contributed by atoms with Gasteiger partial charge in [0, 0.05) is 26.4 Å². The number of carbonyl (C=O) groups is 1. The van der Waals surface area contributed by atoms with Crippen molar-refractivity contribution in [1.82, 2.24) is 20.2 Å². The van der Waals surface area contributed by atoms with Gasteiger partial charge in [-0.05, 0) is 29.7 Å². The molecule has 0 unspecified atom stereocenters. The molecule has 29 heavy (non-hydrogen) atoms. The van der Waals surface area contributed by atoms with Gasteiger partial charge in [-0.2, -0.15) is 0 Å². The molecular formula is C19H23Cl2N5O3. The molecule has 156 valence electrons. The van der Waals surface area contributed by atoms with Crippen molar-refractivity contribution in [3.63, 3.8) is 0 Å². The fourth-order valence-electron chi connectivity index (χ4n) is 3.09. The Labute approximate surface area is 179 Å². The van der Waals surface area contributed by atoms with Gasteiger partial charge in [-0.15, -0.1) is 0 Å². The van der Waals surface area contributed by atoms with E-state index in [-0.39, 0.29) is 18.7 Å². The molecule has 2 heterocycles. The summed E-state index contributed by atoms with van der Waals surface area (Å²) in [4.78, 5) is 23.3. The molecule has 3 rings (SSSR count). The zero-order chi connectivity index (χ0) is 20.8.